The molecule has 0 bridgehead atoms. The molecule has 1 aliphatic heterocycles. The molecule has 1 heterocycles. The Labute approximate surface area is 125 Å². The van der Waals surface area contributed by atoms with Gasteiger partial charge in [0.25, 0.3) is 0 Å². The van der Waals surface area contributed by atoms with E-state index in [1.807, 2.05) is 18.7 Å². The van der Waals surface area contributed by atoms with Crippen LogP contribution in [0, 0.1) is 11.7 Å². The number of carbonyl (C=O) groups excluding carboxylic acids is 1. The lowest BCUT2D eigenvalue weighted by molar-refractivity contribution is -0.127. The average molecular weight is 290 g/mol. The first-order chi connectivity index (χ1) is 9.97. The Morgan fingerprint density at radius 2 is 2.10 bits per heavy atom. The van der Waals surface area contributed by atoms with Crippen molar-refractivity contribution in [1.82, 2.24) is 4.90 Å². The molecule has 2 atom stereocenters. The molecule has 1 saturated heterocycles. The molecule has 1 aromatic carbocycles. The maximum atomic E-state index is 12.9. The Bertz CT molecular complexity index is 522. The van der Waals surface area contributed by atoms with Gasteiger partial charge in [-0.15, -0.1) is 0 Å². The van der Waals surface area contributed by atoms with E-state index in [9.17, 15) is 9.18 Å². The third-order valence-electron chi connectivity index (χ3n) is 4.15. The molecule has 0 saturated carbocycles. The molecule has 2 unspecified atom stereocenters. The smallest absolute Gasteiger partial charge is 0.246 e. The third-order valence-corrected chi connectivity index (χ3v) is 4.15. The number of hydrogen-bond donors (Lipinski definition) is 1. The van der Waals surface area contributed by atoms with Gasteiger partial charge in [-0.1, -0.05) is 12.1 Å². The highest BCUT2D eigenvalue weighted by Gasteiger charge is 2.24. The fourth-order valence-electron chi connectivity index (χ4n) is 2.71. The van der Waals surface area contributed by atoms with Crippen molar-refractivity contribution in [2.45, 2.75) is 32.7 Å². The first-order valence-electron chi connectivity index (χ1n) is 7.46. The number of hydrogen-bond acceptors (Lipinski definition) is 2. The van der Waals surface area contributed by atoms with Crippen molar-refractivity contribution in [2.24, 2.45) is 11.7 Å². The van der Waals surface area contributed by atoms with Gasteiger partial charge >= 0.3 is 0 Å². The number of benzene rings is 1. The van der Waals surface area contributed by atoms with Gasteiger partial charge in [0, 0.05) is 25.2 Å². The van der Waals surface area contributed by atoms with Gasteiger partial charge in [0.1, 0.15) is 5.82 Å². The number of amides is 1. The van der Waals surface area contributed by atoms with Crippen LogP contribution in [0.2, 0.25) is 0 Å². The minimum atomic E-state index is -0.270. The van der Waals surface area contributed by atoms with Crippen molar-refractivity contribution in [3.8, 4) is 0 Å². The number of likely N-dealkylation sites (tertiary alicyclic amines) is 1. The Morgan fingerprint density at radius 3 is 2.71 bits per heavy atom. The minimum Gasteiger partial charge on any atom is -0.339 e. The van der Waals surface area contributed by atoms with Crippen LogP contribution >= 0.6 is 0 Å². The zero-order valence-corrected chi connectivity index (χ0v) is 12.7. The molecule has 114 valence electrons. The first kappa shape index (κ1) is 15.7. The molecule has 2 rings (SSSR count). The predicted molar refractivity (Wildman–Crippen MR) is 83.0 cm³/mol. The molecule has 0 aromatic heterocycles. The van der Waals surface area contributed by atoms with Crippen molar-refractivity contribution in [2.75, 3.05) is 13.1 Å². The average Bonchev–Trinajstić information content (AvgIpc) is 2.48. The zero-order valence-electron chi connectivity index (χ0n) is 12.7. The number of allylic oxidation sites excluding steroid dienone is 1. The summed E-state index contributed by atoms with van der Waals surface area (Å²) in [6, 6.07) is 6.31. The summed E-state index contributed by atoms with van der Waals surface area (Å²) in [5.41, 5.74) is 7.66. The largest absolute Gasteiger partial charge is 0.339 e. The van der Waals surface area contributed by atoms with Crippen LogP contribution < -0.4 is 5.73 Å². The quantitative estimate of drug-likeness (QED) is 0.870. The molecular weight excluding hydrogens is 267 g/mol. The maximum Gasteiger partial charge on any atom is 0.246 e. The summed E-state index contributed by atoms with van der Waals surface area (Å²) >= 11 is 0. The van der Waals surface area contributed by atoms with E-state index in [0.717, 1.165) is 37.1 Å². The lowest BCUT2D eigenvalue weighted by atomic mass is 9.92. The fourth-order valence-corrected chi connectivity index (χ4v) is 2.71. The van der Waals surface area contributed by atoms with Crippen molar-refractivity contribution in [3.63, 3.8) is 0 Å². The van der Waals surface area contributed by atoms with Crippen LogP contribution in [0.1, 0.15) is 32.3 Å². The van der Waals surface area contributed by atoms with Crippen molar-refractivity contribution >= 4 is 11.5 Å². The highest BCUT2D eigenvalue weighted by atomic mass is 19.1. The summed E-state index contributed by atoms with van der Waals surface area (Å²) in [7, 11) is 0. The van der Waals surface area contributed by atoms with E-state index < -0.39 is 0 Å². The fraction of sp³-hybridized carbons (Fsp3) is 0.471. The lowest BCUT2D eigenvalue weighted by Crippen LogP contribution is -2.44. The van der Waals surface area contributed by atoms with Gasteiger partial charge in [0.15, 0.2) is 0 Å². The van der Waals surface area contributed by atoms with E-state index in [-0.39, 0.29) is 17.8 Å². The van der Waals surface area contributed by atoms with Crippen LogP contribution in [0.15, 0.2) is 30.3 Å². The van der Waals surface area contributed by atoms with Crippen LogP contribution in [-0.2, 0) is 4.79 Å². The molecule has 1 amide bonds. The summed E-state index contributed by atoms with van der Waals surface area (Å²) in [5, 5.41) is 0. The second kappa shape index (κ2) is 6.85. The molecule has 0 radical (unpaired) electrons. The Balaban J connectivity index is 2.05. The summed E-state index contributed by atoms with van der Waals surface area (Å²) < 4.78 is 12.9. The number of piperidine rings is 1. The second-order valence-corrected chi connectivity index (χ2v) is 5.88. The van der Waals surface area contributed by atoms with E-state index in [2.05, 4.69) is 0 Å². The highest BCUT2D eigenvalue weighted by Crippen LogP contribution is 2.20. The molecule has 1 aromatic rings. The monoisotopic (exact) mass is 290 g/mol. The van der Waals surface area contributed by atoms with Gasteiger partial charge in [-0.3, -0.25) is 4.79 Å². The van der Waals surface area contributed by atoms with Crippen molar-refractivity contribution in [3.05, 3.63) is 41.7 Å². The molecule has 1 aliphatic rings. The van der Waals surface area contributed by atoms with Gasteiger partial charge < -0.3 is 10.6 Å². The molecule has 4 heteroatoms. The van der Waals surface area contributed by atoms with Gasteiger partial charge in [0.2, 0.25) is 5.91 Å². The summed E-state index contributed by atoms with van der Waals surface area (Å²) in [4.78, 5) is 14.2. The van der Waals surface area contributed by atoms with Gasteiger partial charge in [-0.25, -0.2) is 4.39 Å². The normalized spacial score (nSPS) is 21.2. The van der Waals surface area contributed by atoms with Gasteiger partial charge in [-0.2, -0.15) is 0 Å². The highest BCUT2D eigenvalue weighted by molar-refractivity contribution is 5.94. The van der Waals surface area contributed by atoms with E-state index in [1.165, 1.54) is 12.1 Å². The molecule has 1 fully saturated rings. The number of nitrogens with zero attached hydrogens (tertiary/aromatic N) is 1. The SMILES string of the molecule is CC(=CC(=O)N1CCCC(C(C)N)C1)c1ccc(F)cc1. The third kappa shape index (κ3) is 4.14. The Kier molecular flexibility index (Phi) is 5.12. The van der Waals surface area contributed by atoms with Crippen LogP contribution in [0.3, 0.4) is 0 Å². The molecule has 0 aliphatic carbocycles. The van der Waals surface area contributed by atoms with Crippen LogP contribution in [0.25, 0.3) is 5.57 Å². The van der Waals surface area contributed by atoms with Crippen LogP contribution in [0.4, 0.5) is 4.39 Å². The molecule has 3 nitrogen and oxygen atoms in total. The first-order valence-corrected chi connectivity index (χ1v) is 7.46. The number of carbonyl (C=O) groups is 1. The Morgan fingerprint density at radius 1 is 1.43 bits per heavy atom. The second-order valence-electron chi connectivity index (χ2n) is 5.88. The maximum absolute atomic E-state index is 12.9. The summed E-state index contributed by atoms with van der Waals surface area (Å²) in [6.07, 6.45) is 3.72. The van der Waals surface area contributed by atoms with Crippen molar-refractivity contribution in [1.29, 1.82) is 0 Å². The van der Waals surface area contributed by atoms with Crippen molar-refractivity contribution < 1.29 is 9.18 Å². The molecule has 2 N–H and O–H groups in total. The molecule has 0 spiro atoms. The number of rotatable bonds is 3. The summed E-state index contributed by atoms with van der Waals surface area (Å²) in [5.74, 6) is 0.123. The predicted octanol–water partition coefficient (Wildman–Crippen LogP) is 2.81. The lowest BCUT2D eigenvalue weighted by Gasteiger charge is -2.34. The Hall–Kier alpha value is -1.68. The van der Waals surface area contributed by atoms with Gasteiger partial charge in [0.05, 0.1) is 0 Å². The molecule has 21 heavy (non-hydrogen) atoms. The number of halogens is 1. The van der Waals surface area contributed by atoms with Gasteiger partial charge in [-0.05, 0) is 55.9 Å². The van der Waals surface area contributed by atoms with E-state index in [0.29, 0.717) is 5.92 Å². The number of nitrogens with two attached hydrogens (primary N) is 1. The summed E-state index contributed by atoms with van der Waals surface area (Å²) in [6.45, 7) is 5.38. The van der Waals surface area contributed by atoms with Crippen LogP contribution in [0.5, 0.6) is 0 Å². The standard InChI is InChI=1S/C17H23FN2O/c1-12(14-5-7-16(18)8-6-14)10-17(21)20-9-3-4-15(11-20)13(2)19/h5-8,10,13,15H,3-4,9,11,19H2,1-2H3. The zero-order chi connectivity index (χ0) is 15.4. The van der Waals surface area contributed by atoms with E-state index in [1.54, 1.807) is 18.2 Å². The minimum absolute atomic E-state index is 0.0159. The van der Waals surface area contributed by atoms with Crippen LogP contribution in [-0.4, -0.2) is 29.9 Å². The topological polar surface area (TPSA) is 46.3 Å². The van der Waals surface area contributed by atoms with E-state index in [4.69, 9.17) is 5.73 Å². The van der Waals surface area contributed by atoms with E-state index >= 15 is 0 Å². The molecular formula is C17H23FN2O.